The Labute approximate surface area is 176 Å². The molecule has 152 valence electrons. The van der Waals surface area contributed by atoms with E-state index < -0.39 is 21.6 Å². The number of hydrogen-bond donors (Lipinski definition) is 0. The van der Waals surface area contributed by atoms with Crippen LogP contribution in [0.25, 0.3) is 0 Å². The third kappa shape index (κ3) is 4.17. The van der Waals surface area contributed by atoms with Crippen LogP contribution >= 0.6 is 11.6 Å². The van der Waals surface area contributed by atoms with Gasteiger partial charge in [0.05, 0.1) is 28.9 Å². The highest BCUT2D eigenvalue weighted by molar-refractivity contribution is 7.86. The number of piperidine rings is 1. The van der Waals surface area contributed by atoms with Gasteiger partial charge in [-0.1, -0.05) is 41.9 Å². The van der Waals surface area contributed by atoms with E-state index in [0.717, 1.165) is 17.4 Å². The summed E-state index contributed by atoms with van der Waals surface area (Å²) in [6, 6.07) is 14.2. The molecule has 0 radical (unpaired) electrons. The summed E-state index contributed by atoms with van der Waals surface area (Å²) in [7, 11) is -3.60. The molecule has 0 spiro atoms. The molecule has 2 aliphatic heterocycles. The summed E-state index contributed by atoms with van der Waals surface area (Å²) in [5, 5.41) is 10.6. The SMILES string of the molecule is CS(=O)(=O)OC1CC2CC(C#N)(c3cncc(Cl)c3)CC1N2Cc1ccccc1. The molecule has 2 aliphatic rings. The van der Waals surface area contributed by atoms with Gasteiger partial charge in [-0.3, -0.25) is 14.1 Å². The first-order valence-corrected chi connectivity index (χ1v) is 11.7. The van der Waals surface area contributed by atoms with Crippen LogP contribution in [0.3, 0.4) is 0 Å². The van der Waals surface area contributed by atoms with E-state index in [0.29, 0.717) is 30.8 Å². The number of nitriles is 1. The van der Waals surface area contributed by atoms with Crippen molar-refractivity contribution in [2.75, 3.05) is 6.26 Å². The number of aromatic nitrogens is 1. The van der Waals surface area contributed by atoms with Crippen LogP contribution in [-0.4, -0.2) is 42.7 Å². The Morgan fingerprint density at radius 2 is 2.07 bits per heavy atom. The molecular formula is C21H22ClN3O3S. The molecule has 6 nitrogen and oxygen atoms in total. The lowest BCUT2D eigenvalue weighted by Gasteiger charge is -2.43. The van der Waals surface area contributed by atoms with E-state index in [9.17, 15) is 13.7 Å². The fraction of sp³-hybridized carbons (Fsp3) is 0.429. The minimum absolute atomic E-state index is 0.0272. The Bertz CT molecular complexity index is 1040. The predicted octanol–water partition coefficient (Wildman–Crippen LogP) is 3.28. The van der Waals surface area contributed by atoms with Gasteiger partial charge in [0.2, 0.25) is 0 Å². The van der Waals surface area contributed by atoms with Crippen molar-refractivity contribution < 1.29 is 12.6 Å². The summed E-state index contributed by atoms with van der Waals surface area (Å²) >= 11 is 6.14. The molecule has 1 aromatic carbocycles. The Morgan fingerprint density at radius 3 is 2.72 bits per heavy atom. The first kappa shape index (κ1) is 20.3. The highest BCUT2D eigenvalue weighted by atomic mass is 35.5. The zero-order valence-electron chi connectivity index (χ0n) is 16.0. The number of hydrogen-bond acceptors (Lipinski definition) is 6. The lowest BCUT2D eigenvalue weighted by atomic mass is 9.71. The smallest absolute Gasteiger partial charge is 0.264 e. The molecule has 0 aliphatic carbocycles. The van der Waals surface area contributed by atoms with Crippen molar-refractivity contribution >= 4 is 21.7 Å². The van der Waals surface area contributed by atoms with Crippen molar-refractivity contribution in [3.8, 4) is 6.07 Å². The molecule has 4 rings (SSSR count). The number of halogens is 1. The first-order chi connectivity index (χ1) is 13.8. The monoisotopic (exact) mass is 431 g/mol. The molecule has 4 unspecified atom stereocenters. The second-order valence-electron chi connectivity index (χ2n) is 7.95. The fourth-order valence-electron chi connectivity index (χ4n) is 4.77. The third-order valence-corrected chi connectivity index (χ3v) is 6.75. The van der Waals surface area contributed by atoms with Crippen LogP contribution in [0.2, 0.25) is 5.02 Å². The van der Waals surface area contributed by atoms with Crippen LogP contribution in [0.5, 0.6) is 0 Å². The molecule has 0 amide bonds. The van der Waals surface area contributed by atoms with Gasteiger partial charge >= 0.3 is 0 Å². The van der Waals surface area contributed by atoms with Gasteiger partial charge in [0, 0.05) is 31.0 Å². The normalized spacial score (nSPS) is 29.5. The van der Waals surface area contributed by atoms with E-state index in [1.54, 1.807) is 18.5 Å². The van der Waals surface area contributed by atoms with Gasteiger partial charge in [0.1, 0.15) is 0 Å². The number of benzene rings is 1. The summed E-state index contributed by atoms with van der Waals surface area (Å²) in [6.07, 6.45) is 5.46. The molecule has 4 atom stereocenters. The molecule has 3 heterocycles. The van der Waals surface area contributed by atoms with Crippen LogP contribution in [0, 0.1) is 11.3 Å². The predicted molar refractivity (Wildman–Crippen MR) is 110 cm³/mol. The number of fused-ring (bicyclic) bond motifs is 2. The third-order valence-electron chi connectivity index (χ3n) is 5.95. The number of rotatable bonds is 5. The summed E-state index contributed by atoms with van der Waals surface area (Å²) in [6.45, 7) is 0.690. The fourth-order valence-corrected chi connectivity index (χ4v) is 5.60. The maximum atomic E-state index is 11.9. The van der Waals surface area contributed by atoms with Crippen molar-refractivity contribution in [1.82, 2.24) is 9.88 Å². The van der Waals surface area contributed by atoms with Crippen LogP contribution in [-0.2, 0) is 26.3 Å². The quantitative estimate of drug-likeness (QED) is 0.675. The number of pyridine rings is 1. The van der Waals surface area contributed by atoms with E-state index in [2.05, 4.69) is 28.1 Å². The van der Waals surface area contributed by atoms with Gasteiger partial charge in [-0.25, -0.2) is 0 Å². The minimum atomic E-state index is -3.60. The molecular weight excluding hydrogens is 410 g/mol. The summed E-state index contributed by atoms with van der Waals surface area (Å²) in [4.78, 5) is 6.45. The Balaban J connectivity index is 1.69. The molecule has 29 heavy (non-hydrogen) atoms. The molecule has 2 bridgehead atoms. The van der Waals surface area contributed by atoms with Gasteiger partial charge in [0.25, 0.3) is 10.1 Å². The van der Waals surface area contributed by atoms with Crippen LogP contribution < -0.4 is 0 Å². The average molecular weight is 432 g/mol. The molecule has 2 fully saturated rings. The van der Waals surface area contributed by atoms with E-state index >= 15 is 0 Å². The van der Waals surface area contributed by atoms with Crippen molar-refractivity contribution in [2.45, 2.75) is 49.4 Å². The lowest BCUT2D eigenvalue weighted by molar-refractivity contribution is 0.0666. The first-order valence-electron chi connectivity index (χ1n) is 9.50. The van der Waals surface area contributed by atoms with E-state index in [-0.39, 0.29) is 12.1 Å². The molecule has 2 saturated heterocycles. The minimum Gasteiger partial charge on any atom is -0.290 e. The highest BCUT2D eigenvalue weighted by Crippen LogP contribution is 2.48. The summed E-state index contributed by atoms with van der Waals surface area (Å²) in [5.41, 5.74) is 1.16. The van der Waals surface area contributed by atoms with Crippen LogP contribution in [0.4, 0.5) is 0 Å². The zero-order valence-corrected chi connectivity index (χ0v) is 17.6. The second kappa shape index (κ2) is 7.69. The molecule has 0 N–H and O–H groups in total. The Hall–Kier alpha value is -1.98. The zero-order chi connectivity index (χ0) is 20.6. The summed E-state index contributed by atoms with van der Waals surface area (Å²) < 4.78 is 29.2. The maximum Gasteiger partial charge on any atom is 0.264 e. The van der Waals surface area contributed by atoms with Gasteiger partial charge in [-0.05, 0) is 36.5 Å². The van der Waals surface area contributed by atoms with E-state index in [1.165, 1.54) is 0 Å². The summed E-state index contributed by atoms with van der Waals surface area (Å²) in [5.74, 6) is 0. The maximum absolute atomic E-state index is 11.9. The van der Waals surface area contributed by atoms with Gasteiger partial charge < -0.3 is 0 Å². The van der Waals surface area contributed by atoms with Crippen molar-refractivity contribution in [3.05, 3.63) is 64.9 Å². The van der Waals surface area contributed by atoms with Crippen molar-refractivity contribution in [2.24, 2.45) is 0 Å². The van der Waals surface area contributed by atoms with Crippen LogP contribution in [0.15, 0.2) is 48.8 Å². The molecule has 8 heteroatoms. The van der Waals surface area contributed by atoms with E-state index in [1.807, 2.05) is 18.2 Å². The molecule has 1 aromatic heterocycles. The van der Waals surface area contributed by atoms with Crippen LogP contribution in [0.1, 0.15) is 30.4 Å². The van der Waals surface area contributed by atoms with E-state index in [4.69, 9.17) is 15.8 Å². The Kier molecular flexibility index (Phi) is 5.38. The van der Waals surface area contributed by atoms with Gasteiger partial charge in [0.15, 0.2) is 0 Å². The molecule has 0 saturated carbocycles. The highest BCUT2D eigenvalue weighted by Gasteiger charge is 2.54. The standard InChI is InChI=1S/C21H22ClN3O3S/c1-29(26,27)28-20-8-18-9-21(14-23,16-7-17(22)12-24-11-16)10-19(20)25(18)13-15-5-3-2-4-6-15/h2-7,11-12,18-20H,8-10,13H2,1H3. The lowest BCUT2D eigenvalue weighted by Crippen LogP contribution is -2.50. The topological polar surface area (TPSA) is 83.3 Å². The van der Waals surface area contributed by atoms with Gasteiger partial charge in [-0.2, -0.15) is 13.7 Å². The van der Waals surface area contributed by atoms with Gasteiger partial charge in [-0.15, -0.1) is 0 Å². The largest absolute Gasteiger partial charge is 0.290 e. The Morgan fingerprint density at radius 1 is 1.31 bits per heavy atom. The number of nitrogens with zero attached hydrogens (tertiary/aromatic N) is 3. The average Bonchev–Trinajstić information content (AvgIpc) is 2.86. The second-order valence-corrected chi connectivity index (χ2v) is 9.98. The van der Waals surface area contributed by atoms with Crippen molar-refractivity contribution in [1.29, 1.82) is 5.26 Å². The molecule has 2 aromatic rings. The van der Waals surface area contributed by atoms with Crippen molar-refractivity contribution in [3.63, 3.8) is 0 Å².